The number of fused-ring (bicyclic) bond motifs is 4. The van der Waals surface area contributed by atoms with Crippen molar-refractivity contribution in [3.63, 3.8) is 0 Å². The van der Waals surface area contributed by atoms with Gasteiger partial charge in [0.15, 0.2) is 29.3 Å². The molecule has 8 atom stereocenters. The van der Waals surface area contributed by atoms with Gasteiger partial charge < -0.3 is 52.8 Å². The smallest absolute Gasteiger partial charge is 0.310 e. The number of benzene rings is 2. The lowest BCUT2D eigenvalue weighted by atomic mass is 9.66. The maximum atomic E-state index is 13.3. The average Bonchev–Trinajstić information content (AvgIpc) is 3.58. The molecule has 7 rings (SSSR count). The molecule has 2 aromatic rings. The third kappa shape index (κ3) is 4.05. The van der Waals surface area contributed by atoms with Gasteiger partial charge in [-0.15, -0.1) is 0 Å². The molecule has 2 aromatic carbocycles. The Morgan fingerprint density at radius 1 is 0.925 bits per heavy atom. The van der Waals surface area contributed by atoms with Crippen LogP contribution in [0.4, 0.5) is 0 Å². The molecule has 0 radical (unpaired) electrons. The molecule has 0 spiro atoms. The van der Waals surface area contributed by atoms with Crippen molar-refractivity contribution in [1.82, 2.24) is 0 Å². The van der Waals surface area contributed by atoms with Crippen LogP contribution in [0.5, 0.6) is 28.7 Å². The molecule has 1 aliphatic carbocycles. The summed E-state index contributed by atoms with van der Waals surface area (Å²) in [4.78, 5) is 13.3. The Morgan fingerprint density at radius 3 is 2.38 bits per heavy atom. The van der Waals surface area contributed by atoms with Crippen LogP contribution in [0.1, 0.15) is 35.1 Å². The van der Waals surface area contributed by atoms with Gasteiger partial charge in [0.05, 0.1) is 45.6 Å². The van der Waals surface area contributed by atoms with Crippen LogP contribution < -0.4 is 18.9 Å². The Balaban J connectivity index is 1.32. The zero-order valence-electron chi connectivity index (χ0n) is 21.9. The molecule has 3 fully saturated rings. The van der Waals surface area contributed by atoms with Crippen LogP contribution in [0.3, 0.4) is 0 Å². The first-order valence-corrected chi connectivity index (χ1v) is 13.2. The van der Waals surface area contributed by atoms with Gasteiger partial charge in [0.2, 0.25) is 12.5 Å². The van der Waals surface area contributed by atoms with Gasteiger partial charge in [-0.2, -0.15) is 0 Å². The quantitative estimate of drug-likeness (QED) is 0.519. The summed E-state index contributed by atoms with van der Waals surface area (Å²) in [7, 11) is 2.90. The zero-order chi connectivity index (χ0) is 27.5. The lowest BCUT2D eigenvalue weighted by Crippen LogP contribution is -2.55. The lowest BCUT2D eigenvalue weighted by molar-refractivity contribution is -0.319. The van der Waals surface area contributed by atoms with Crippen molar-refractivity contribution in [2.24, 2.45) is 11.8 Å². The summed E-state index contributed by atoms with van der Waals surface area (Å²) < 4.78 is 51.5. The predicted molar refractivity (Wildman–Crippen MR) is 132 cm³/mol. The second-order valence-electron chi connectivity index (χ2n) is 10.5. The molecule has 214 valence electrons. The minimum Gasteiger partial charge on any atom is -0.502 e. The van der Waals surface area contributed by atoms with Gasteiger partial charge in [0.25, 0.3) is 0 Å². The predicted octanol–water partition coefficient (Wildman–Crippen LogP) is 1.98. The van der Waals surface area contributed by atoms with Crippen LogP contribution in [0.25, 0.3) is 0 Å². The van der Waals surface area contributed by atoms with Gasteiger partial charge in [-0.05, 0) is 41.0 Å². The van der Waals surface area contributed by atoms with E-state index in [-0.39, 0.29) is 62.4 Å². The summed E-state index contributed by atoms with van der Waals surface area (Å²) in [6.45, 7) is 0.596. The number of carbonyl (C=O) groups is 1. The van der Waals surface area contributed by atoms with Crippen molar-refractivity contribution in [1.29, 1.82) is 0 Å². The minimum atomic E-state index is -0.797. The van der Waals surface area contributed by atoms with Crippen molar-refractivity contribution in [3.8, 4) is 28.7 Å². The van der Waals surface area contributed by atoms with Crippen LogP contribution >= 0.6 is 0 Å². The highest BCUT2D eigenvalue weighted by atomic mass is 16.7. The zero-order valence-corrected chi connectivity index (χ0v) is 21.9. The fourth-order valence-corrected chi connectivity index (χ4v) is 6.58. The molecular formula is C28H30O12. The number of hydrogen-bond acceptors (Lipinski definition) is 12. The van der Waals surface area contributed by atoms with Gasteiger partial charge in [-0.3, -0.25) is 4.79 Å². The number of aliphatic hydroxyl groups excluding tert-OH is 1. The summed E-state index contributed by atoms with van der Waals surface area (Å²) in [6, 6.07) is 7.13. The summed E-state index contributed by atoms with van der Waals surface area (Å²) in [5, 5.41) is 21.3. The van der Waals surface area contributed by atoms with Crippen molar-refractivity contribution >= 4 is 5.97 Å². The number of ether oxygens (including phenoxy) is 9. The highest BCUT2D eigenvalue weighted by Gasteiger charge is 2.54. The first-order chi connectivity index (χ1) is 19.5. The number of cyclic esters (lactones) is 1. The number of phenolic OH excluding ortho intramolecular Hbond substituents is 1. The number of hydrogen-bond donors (Lipinski definition) is 2. The van der Waals surface area contributed by atoms with E-state index in [2.05, 4.69) is 0 Å². The van der Waals surface area contributed by atoms with Crippen LogP contribution in [0.2, 0.25) is 0 Å². The largest absolute Gasteiger partial charge is 0.502 e. The highest BCUT2D eigenvalue weighted by molar-refractivity contribution is 5.79. The van der Waals surface area contributed by atoms with E-state index in [1.165, 1.54) is 14.2 Å². The monoisotopic (exact) mass is 558 g/mol. The molecular weight excluding hydrogens is 528 g/mol. The minimum absolute atomic E-state index is 0.0746. The first kappa shape index (κ1) is 25.7. The number of rotatable bonds is 5. The molecule has 0 saturated carbocycles. The van der Waals surface area contributed by atoms with E-state index in [0.29, 0.717) is 17.1 Å². The van der Waals surface area contributed by atoms with Gasteiger partial charge >= 0.3 is 5.97 Å². The number of methoxy groups -OCH3 is 2. The molecule has 4 aliphatic heterocycles. The second-order valence-corrected chi connectivity index (χ2v) is 10.5. The molecule has 40 heavy (non-hydrogen) atoms. The molecule has 4 heterocycles. The number of aliphatic hydroxyl groups is 1. The maximum absolute atomic E-state index is 13.3. The number of phenols is 1. The molecule has 0 bridgehead atoms. The topological polar surface area (TPSA) is 141 Å². The maximum Gasteiger partial charge on any atom is 0.310 e. The van der Waals surface area contributed by atoms with Gasteiger partial charge in [-0.25, -0.2) is 0 Å². The Hall–Kier alpha value is -3.29. The van der Waals surface area contributed by atoms with Crippen molar-refractivity contribution in [2.75, 3.05) is 41.0 Å². The fraction of sp³-hybridized carbons (Fsp3) is 0.536. The van der Waals surface area contributed by atoms with Gasteiger partial charge in [0, 0.05) is 18.3 Å². The standard InChI is InChI=1S/C28H30O12/c1-32-19-3-12(4-20(33-2)25(19)30)23-13-5-17-18(37-11-36-17)6-14(13)26(15-8-35-28(31)24(15)23)40-22-7-16(29)27-21(39-22)9-34-10-38-27/h3-6,15-16,21-24,26-27,29-30H,7-11H2,1-2H3/t15-,16+,21+,22?,23+,24-,26+,27-/m0/s1. The molecule has 0 aromatic heterocycles. The van der Waals surface area contributed by atoms with E-state index in [0.717, 1.165) is 11.1 Å². The number of esters is 1. The molecule has 5 aliphatic rings. The van der Waals surface area contributed by atoms with Crippen LogP contribution in [0, 0.1) is 11.8 Å². The highest BCUT2D eigenvalue weighted by Crippen LogP contribution is 2.57. The summed E-state index contributed by atoms with van der Waals surface area (Å²) in [5.74, 6) is -0.449. The van der Waals surface area contributed by atoms with Crippen molar-refractivity contribution in [3.05, 3.63) is 41.0 Å². The summed E-state index contributed by atoms with van der Waals surface area (Å²) in [5.41, 5.74) is 2.27. The Morgan fingerprint density at radius 2 is 1.65 bits per heavy atom. The van der Waals surface area contributed by atoms with E-state index in [4.69, 9.17) is 42.6 Å². The SMILES string of the molecule is COc1cc([C@@H]2c3cc4c(cc3[C@@H](OC3C[C@@H](O)[C@@H]5OCOC[C@H]5O3)[C@H]3COC(=O)[C@H]23)OCO4)cc(OC)c1O. The second kappa shape index (κ2) is 9.96. The third-order valence-electron chi connectivity index (χ3n) is 8.41. The molecule has 1 unspecified atom stereocenters. The van der Waals surface area contributed by atoms with Gasteiger partial charge in [-0.1, -0.05) is 0 Å². The molecule has 12 heteroatoms. The van der Waals surface area contributed by atoms with Crippen molar-refractivity contribution in [2.45, 2.75) is 43.0 Å². The average molecular weight is 559 g/mol. The normalized spacial score (nSPS) is 33.9. The molecule has 3 saturated heterocycles. The van der Waals surface area contributed by atoms with E-state index < -0.39 is 42.5 Å². The van der Waals surface area contributed by atoms with Gasteiger partial charge in [0.1, 0.15) is 19.0 Å². The Labute approximate surface area is 229 Å². The van der Waals surface area contributed by atoms with Crippen LogP contribution in [0.15, 0.2) is 24.3 Å². The Kier molecular flexibility index (Phi) is 6.39. The van der Waals surface area contributed by atoms with Crippen LogP contribution in [-0.4, -0.2) is 81.8 Å². The molecule has 2 N–H and O–H groups in total. The van der Waals surface area contributed by atoms with E-state index >= 15 is 0 Å². The first-order valence-electron chi connectivity index (χ1n) is 13.2. The summed E-state index contributed by atoms with van der Waals surface area (Å²) in [6.07, 6.45) is -2.96. The fourth-order valence-electron chi connectivity index (χ4n) is 6.58. The lowest BCUT2D eigenvalue weighted by Gasteiger charge is -2.44. The molecule has 0 amide bonds. The Bertz CT molecular complexity index is 1290. The van der Waals surface area contributed by atoms with E-state index in [1.807, 2.05) is 12.1 Å². The third-order valence-corrected chi connectivity index (χ3v) is 8.41. The van der Waals surface area contributed by atoms with E-state index in [9.17, 15) is 15.0 Å². The van der Waals surface area contributed by atoms with Crippen molar-refractivity contribution < 1.29 is 57.6 Å². The van der Waals surface area contributed by atoms with E-state index in [1.54, 1.807) is 12.1 Å². The van der Waals surface area contributed by atoms with Crippen LogP contribution in [-0.2, 0) is 28.5 Å². The number of aromatic hydroxyl groups is 1. The summed E-state index contributed by atoms with van der Waals surface area (Å²) >= 11 is 0. The molecule has 12 nitrogen and oxygen atoms in total. The number of carbonyl (C=O) groups excluding carboxylic acids is 1.